The van der Waals surface area contributed by atoms with Crippen molar-refractivity contribution in [3.63, 3.8) is 0 Å². The lowest BCUT2D eigenvalue weighted by molar-refractivity contribution is 0.414. The van der Waals surface area contributed by atoms with Crippen LogP contribution in [0.4, 0.5) is 5.95 Å². The van der Waals surface area contributed by atoms with Crippen molar-refractivity contribution in [1.82, 2.24) is 19.1 Å². The number of hydrogen-bond acceptors (Lipinski definition) is 6. The summed E-state index contributed by atoms with van der Waals surface area (Å²) in [5.74, 6) is 1.22. The van der Waals surface area contributed by atoms with E-state index in [9.17, 15) is 9.59 Å². The number of ether oxygens (including phenoxy) is 1. The van der Waals surface area contributed by atoms with E-state index in [0.29, 0.717) is 30.1 Å². The third-order valence-electron chi connectivity index (χ3n) is 5.03. The molecule has 0 aliphatic heterocycles. The Morgan fingerprint density at radius 3 is 2.67 bits per heavy atom. The number of methoxy groups -OCH3 is 1. The van der Waals surface area contributed by atoms with E-state index >= 15 is 0 Å². The zero-order valence-electron chi connectivity index (χ0n) is 17.9. The smallest absolute Gasteiger partial charge is 0.329 e. The molecule has 0 bridgehead atoms. The lowest BCUT2D eigenvalue weighted by atomic mass is 10.1. The topological polar surface area (TPSA) is 106 Å². The number of nitrogens with zero attached hydrogens (tertiary/aromatic N) is 4. The van der Waals surface area contributed by atoms with Crippen LogP contribution in [0.2, 0.25) is 0 Å². The van der Waals surface area contributed by atoms with E-state index in [4.69, 9.17) is 4.74 Å². The van der Waals surface area contributed by atoms with Crippen LogP contribution in [0, 0.1) is 0 Å². The quantitative estimate of drug-likeness (QED) is 0.415. The molecule has 2 N–H and O–H groups in total. The number of aromatic nitrogens is 4. The summed E-state index contributed by atoms with van der Waals surface area (Å²) in [7, 11) is 3.21. The van der Waals surface area contributed by atoms with Gasteiger partial charge < -0.3 is 9.30 Å². The van der Waals surface area contributed by atoms with Crippen LogP contribution in [0.25, 0.3) is 11.2 Å². The number of unbranched alkanes of at least 4 members (excludes halogenated alkanes) is 1. The van der Waals surface area contributed by atoms with E-state index in [0.717, 1.165) is 36.3 Å². The summed E-state index contributed by atoms with van der Waals surface area (Å²) in [5, 5.41) is 4.41. The van der Waals surface area contributed by atoms with Gasteiger partial charge in [-0.05, 0) is 43.9 Å². The molecule has 0 amide bonds. The van der Waals surface area contributed by atoms with Gasteiger partial charge in [0, 0.05) is 19.3 Å². The first-order valence-corrected chi connectivity index (χ1v) is 10.1. The second-order valence-electron chi connectivity index (χ2n) is 7.24. The Bertz CT molecular complexity index is 1150. The van der Waals surface area contributed by atoms with Gasteiger partial charge in [0.05, 0.1) is 7.11 Å². The van der Waals surface area contributed by atoms with Gasteiger partial charge in [-0.3, -0.25) is 14.3 Å². The predicted octanol–water partition coefficient (Wildman–Crippen LogP) is 2.65. The Hall–Kier alpha value is -3.36. The minimum absolute atomic E-state index is 0.322. The van der Waals surface area contributed by atoms with Crippen LogP contribution in [0.1, 0.15) is 38.7 Å². The first-order valence-electron chi connectivity index (χ1n) is 10.1. The number of benzene rings is 1. The van der Waals surface area contributed by atoms with Crippen LogP contribution < -0.4 is 21.4 Å². The SMILES string of the molecule is CCCC/C(C)=N\Nc1nc2c(c(=O)[nH]c(=O)n2C)n1CCc1ccc(OC)cc1. The minimum Gasteiger partial charge on any atom is -0.497 e. The summed E-state index contributed by atoms with van der Waals surface area (Å²) in [6.07, 6.45) is 3.70. The lowest BCUT2D eigenvalue weighted by Gasteiger charge is -2.09. The van der Waals surface area contributed by atoms with Crippen LogP contribution in [0.5, 0.6) is 5.75 Å². The van der Waals surface area contributed by atoms with Crippen molar-refractivity contribution in [3.8, 4) is 5.75 Å². The number of hydrazone groups is 1. The zero-order valence-corrected chi connectivity index (χ0v) is 17.9. The summed E-state index contributed by atoms with van der Waals surface area (Å²) in [6.45, 7) is 4.58. The summed E-state index contributed by atoms with van der Waals surface area (Å²) in [4.78, 5) is 31.4. The average molecular weight is 412 g/mol. The molecule has 0 fully saturated rings. The van der Waals surface area contributed by atoms with E-state index in [2.05, 4.69) is 27.4 Å². The van der Waals surface area contributed by atoms with E-state index in [-0.39, 0.29) is 0 Å². The highest BCUT2D eigenvalue weighted by atomic mass is 16.5. The summed E-state index contributed by atoms with van der Waals surface area (Å²) < 4.78 is 8.31. The Morgan fingerprint density at radius 2 is 2.00 bits per heavy atom. The first-order chi connectivity index (χ1) is 14.4. The molecule has 9 heteroatoms. The number of aromatic amines is 1. The van der Waals surface area contributed by atoms with Crippen molar-refractivity contribution in [2.45, 2.75) is 46.1 Å². The van der Waals surface area contributed by atoms with Gasteiger partial charge >= 0.3 is 5.69 Å². The number of nitrogens with one attached hydrogen (secondary N) is 2. The molecule has 0 unspecified atom stereocenters. The van der Waals surface area contributed by atoms with E-state index in [1.807, 2.05) is 31.2 Å². The summed E-state index contributed by atoms with van der Waals surface area (Å²) >= 11 is 0. The maximum Gasteiger partial charge on any atom is 0.329 e. The third-order valence-corrected chi connectivity index (χ3v) is 5.03. The van der Waals surface area contributed by atoms with E-state index in [1.54, 1.807) is 18.7 Å². The second kappa shape index (κ2) is 9.43. The monoisotopic (exact) mass is 412 g/mol. The highest BCUT2D eigenvalue weighted by Gasteiger charge is 2.17. The minimum atomic E-state index is -0.499. The fourth-order valence-corrected chi connectivity index (χ4v) is 3.20. The molecule has 0 saturated heterocycles. The second-order valence-corrected chi connectivity index (χ2v) is 7.24. The van der Waals surface area contributed by atoms with Crippen LogP contribution in [0.15, 0.2) is 39.0 Å². The highest BCUT2D eigenvalue weighted by Crippen LogP contribution is 2.18. The molecular weight excluding hydrogens is 384 g/mol. The van der Waals surface area contributed by atoms with Gasteiger partial charge in [-0.25, -0.2) is 10.2 Å². The van der Waals surface area contributed by atoms with E-state index in [1.165, 1.54) is 4.57 Å². The molecular formula is C21H28N6O3. The number of H-pyrrole nitrogens is 1. The van der Waals surface area contributed by atoms with Crippen molar-refractivity contribution in [2.75, 3.05) is 12.5 Å². The predicted molar refractivity (Wildman–Crippen MR) is 119 cm³/mol. The molecule has 0 aliphatic carbocycles. The Balaban J connectivity index is 1.97. The molecule has 160 valence electrons. The Kier molecular flexibility index (Phi) is 6.71. The lowest BCUT2D eigenvalue weighted by Crippen LogP contribution is -2.29. The van der Waals surface area contributed by atoms with Gasteiger partial charge in [-0.1, -0.05) is 25.5 Å². The molecule has 0 saturated carbocycles. The van der Waals surface area contributed by atoms with Crippen molar-refractivity contribution in [3.05, 3.63) is 50.7 Å². The van der Waals surface area contributed by atoms with Gasteiger partial charge in [0.15, 0.2) is 11.2 Å². The van der Waals surface area contributed by atoms with Crippen LogP contribution in [0.3, 0.4) is 0 Å². The number of aryl methyl sites for hydroxylation is 3. The number of anilines is 1. The molecule has 3 rings (SSSR count). The molecule has 3 aromatic rings. The van der Waals surface area contributed by atoms with Gasteiger partial charge in [0.25, 0.3) is 5.56 Å². The molecule has 30 heavy (non-hydrogen) atoms. The van der Waals surface area contributed by atoms with Crippen molar-refractivity contribution in [1.29, 1.82) is 0 Å². The highest BCUT2D eigenvalue weighted by molar-refractivity contribution is 5.82. The van der Waals surface area contributed by atoms with Gasteiger partial charge in [0.1, 0.15) is 5.75 Å². The Morgan fingerprint density at radius 1 is 1.27 bits per heavy atom. The van der Waals surface area contributed by atoms with Gasteiger partial charge in [0.2, 0.25) is 5.95 Å². The molecule has 0 aliphatic rings. The standard InChI is InChI=1S/C21H28N6O3/c1-5-6-7-14(2)24-25-20-22-18-17(19(28)23-21(29)26(18)3)27(20)13-12-15-8-10-16(30-4)11-9-15/h8-11H,5-7,12-13H2,1-4H3,(H,22,25)(H,23,28,29)/b24-14-. The number of rotatable bonds is 9. The molecule has 0 spiro atoms. The number of fused-ring (bicyclic) bond motifs is 1. The van der Waals surface area contributed by atoms with Gasteiger partial charge in [-0.15, -0.1) is 0 Å². The molecule has 0 radical (unpaired) electrons. The molecule has 9 nitrogen and oxygen atoms in total. The van der Waals surface area contributed by atoms with Crippen molar-refractivity contribution >= 4 is 22.8 Å². The molecule has 2 aromatic heterocycles. The maximum atomic E-state index is 12.6. The largest absolute Gasteiger partial charge is 0.497 e. The van der Waals surface area contributed by atoms with Crippen LogP contribution in [-0.2, 0) is 20.0 Å². The van der Waals surface area contributed by atoms with E-state index < -0.39 is 11.2 Å². The van der Waals surface area contributed by atoms with Crippen molar-refractivity contribution < 1.29 is 4.74 Å². The molecule has 2 heterocycles. The Labute approximate surface area is 174 Å². The number of hydrogen-bond donors (Lipinski definition) is 2. The zero-order chi connectivity index (χ0) is 21.7. The average Bonchev–Trinajstić information content (AvgIpc) is 3.12. The molecule has 0 atom stereocenters. The van der Waals surface area contributed by atoms with Gasteiger partial charge in [-0.2, -0.15) is 10.1 Å². The normalized spacial score (nSPS) is 11.8. The maximum absolute atomic E-state index is 12.6. The number of imidazole rings is 1. The third kappa shape index (κ3) is 4.61. The van der Waals surface area contributed by atoms with Crippen LogP contribution in [-0.4, -0.2) is 31.9 Å². The van der Waals surface area contributed by atoms with Crippen molar-refractivity contribution in [2.24, 2.45) is 12.1 Å². The fourth-order valence-electron chi connectivity index (χ4n) is 3.20. The summed E-state index contributed by atoms with van der Waals surface area (Å²) in [6, 6.07) is 7.77. The first kappa shape index (κ1) is 21.4. The summed E-state index contributed by atoms with van der Waals surface area (Å²) in [5.41, 5.74) is 4.74. The van der Waals surface area contributed by atoms with Crippen LogP contribution >= 0.6 is 0 Å². The molecule has 1 aromatic carbocycles. The fraction of sp³-hybridized carbons (Fsp3) is 0.429.